The Morgan fingerprint density at radius 3 is 2.84 bits per heavy atom. The molecule has 5 heteroatoms. The number of para-hydroxylation sites is 1. The highest BCUT2D eigenvalue weighted by molar-refractivity contribution is 6.05. The van der Waals surface area contributed by atoms with Crippen LogP contribution in [-0.2, 0) is 9.59 Å². The molecule has 1 saturated heterocycles. The highest BCUT2D eigenvalue weighted by Gasteiger charge is 2.34. The quantitative estimate of drug-likeness (QED) is 0.872. The van der Waals surface area contributed by atoms with Gasteiger partial charge in [-0.15, -0.1) is 0 Å². The summed E-state index contributed by atoms with van der Waals surface area (Å²) < 4.78 is 0. The number of carbonyl (C=O) groups is 2. The minimum atomic E-state index is -0.427. The fraction of sp³-hybridized carbons (Fsp3) is 0.214. The Kier molecular flexibility index (Phi) is 2.67. The predicted octanol–water partition coefficient (Wildman–Crippen LogP) is 1.07. The fourth-order valence-electron chi connectivity index (χ4n) is 2.44. The van der Waals surface area contributed by atoms with Gasteiger partial charge in [-0.25, -0.2) is 0 Å². The van der Waals surface area contributed by atoms with Gasteiger partial charge in [0.05, 0.1) is 17.1 Å². The van der Waals surface area contributed by atoms with Crippen LogP contribution in [0, 0.1) is 5.92 Å². The average molecular weight is 255 g/mol. The number of hydrogen-bond donors (Lipinski definition) is 1. The lowest BCUT2D eigenvalue weighted by Crippen LogP contribution is -2.28. The number of hydrogen-bond acceptors (Lipinski definition) is 3. The molecule has 0 spiro atoms. The maximum absolute atomic E-state index is 12.0. The average Bonchev–Trinajstić information content (AvgIpc) is 2.80. The first kappa shape index (κ1) is 11.6. The third-order valence-electron chi connectivity index (χ3n) is 3.43. The fourth-order valence-corrected chi connectivity index (χ4v) is 2.44. The molecule has 1 aromatic carbocycles. The number of pyridine rings is 1. The van der Waals surface area contributed by atoms with E-state index in [1.54, 1.807) is 11.1 Å². The van der Waals surface area contributed by atoms with Gasteiger partial charge in [0.15, 0.2) is 0 Å². The molecule has 1 unspecified atom stereocenters. The first-order chi connectivity index (χ1) is 9.16. The molecule has 96 valence electrons. The van der Waals surface area contributed by atoms with Crippen LogP contribution in [0.25, 0.3) is 10.9 Å². The van der Waals surface area contributed by atoms with Gasteiger partial charge in [0.25, 0.3) is 0 Å². The SMILES string of the molecule is NC(=O)C1CC(=O)N(c2cccc3cccnc23)C1. The van der Waals surface area contributed by atoms with E-state index in [1.165, 1.54) is 0 Å². The van der Waals surface area contributed by atoms with Gasteiger partial charge in [-0.05, 0) is 12.1 Å². The van der Waals surface area contributed by atoms with Crippen molar-refractivity contribution in [3.05, 3.63) is 36.5 Å². The molecule has 1 fully saturated rings. The van der Waals surface area contributed by atoms with Crippen LogP contribution in [-0.4, -0.2) is 23.3 Å². The molecule has 0 radical (unpaired) electrons. The van der Waals surface area contributed by atoms with Gasteiger partial charge < -0.3 is 10.6 Å². The molecule has 1 aliphatic heterocycles. The van der Waals surface area contributed by atoms with Crippen LogP contribution in [0.5, 0.6) is 0 Å². The highest BCUT2D eigenvalue weighted by Crippen LogP contribution is 2.30. The number of benzene rings is 1. The third-order valence-corrected chi connectivity index (χ3v) is 3.43. The molecule has 2 aromatic rings. The van der Waals surface area contributed by atoms with E-state index in [2.05, 4.69) is 4.98 Å². The summed E-state index contributed by atoms with van der Waals surface area (Å²) in [6.07, 6.45) is 1.87. The summed E-state index contributed by atoms with van der Waals surface area (Å²) in [5.41, 5.74) is 6.79. The summed E-state index contributed by atoms with van der Waals surface area (Å²) in [6.45, 7) is 0.337. The van der Waals surface area contributed by atoms with Crippen molar-refractivity contribution in [1.29, 1.82) is 0 Å². The van der Waals surface area contributed by atoms with Crippen LogP contribution in [0.2, 0.25) is 0 Å². The predicted molar refractivity (Wildman–Crippen MR) is 71.4 cm³/mol. The molecule has 0 saturated carbocycles. The van der Waals surface area contributed by atoms with E-state index in [0.717, 1.165) is 16.6 Å². The first-order valence-corrected chi connectivity index (χ1v) is 6.10. The number of aromatic nitrogens is 1. The molecule has 1 atom stereocenters. The van der Waals surface area contributed by atoms with Crippen LogP contribution in [0.3, 0.4) is 0 Å². The van der Waals surface area contributed by atoms with Gasteiger partial charge in [-0.2, -0.15) is 0 Å². The van der Waals surface area contributed by atoms with Crippen molar-refractivity contribution in [2.75, 3.05) is 11.4 Å². The van der Waals surface area contributed by atoms with Crippen molar-refractivity contribution in [2.45, 2.75) is 6.42 Å². The maximum Gasteiger partial charge on any atom is 0.227 e. The van der Waals surface area contributed by atoms with Gasteiger partial charge in [0, 0.05) is 24.5 Å². The number of anilines is 1. The van der Waals surface area contributed by atoms with Crippen molar-refractivity contribution in [1.82, 2.24) is 4.98 Å². The molecule has 5 nitrogen and oxygen atoms in total. The second-order valence-electron chi connectivity index (χ2n) is 4.66. The van der Waals surface area contributed by atoms with E-state index in [1.807, 2.05) is 30.3 Å². The van der Waals surface area contributed by atoms with Crippen LogP contribution in [0.4, 0.5) is 5.69 Å². The van der Waals surface area contributed by atoms with Gasteiger partial charge in [0.2, 0.25) is 11.8 Å². The zero-order chi connectivity index (χ0) is 13.4. The number of primary amides is 1. The van der Waals surface area contributed by atoms with Gasteiger partial charge in [0.1, 0.15) is 0 Å². The lowest BCUT2D eigenvalue weighted by molar-refractivity contribution is -0.123. The molecule has 2 amide bonds. The summed E-state index contributed by atoms with van der Waals surface area (Å²) in [6, 6.07) is 9.46. The standard InChI is InChI=1S/C14H13N3O2/c15-14(19)10-7-12(18)17(8-10)11-5-1-3-9-4-2-6-16-13(9)11/h1-6,10H,7-8H2,(H2,15,19). The summed E-state index contributed by atoms with van der Waals surface area (Å²) in [4.78, 5) is 29.2. The molecule has 1 aromatic heterocycles. The van der Waals surface area contributed by atoms with E-state index >= 15 is 0 Å². The van der Waals surface area contributed by atoms with E-state index in [4.69, 9.17) is 5.73 Å². The smallest absolute Gasteiger partial charge is 0.227 e. The Morgan fingerprint density at radius 2 is 2.11 bits per heavy atom. The van der Waals surface area contributed by atoms with Crippen LogP contribution in [0.15, 0.2) is 36.5 Å². The highest BCUT2D eigenvalue weighted by atomic mass is 16.2. The number of rotatable bonds is 2. The summed E-state index contributed by atoms with van der Waals surface area (Å²) in [5.74, 6) is -0.919. The number of nitrogens with zero attached hydrogens (tertiary/aromatic N) is 2. The third kappa shape index (κ3) is 1.93. The van der Waals surface area contributed by atoms with Crippen molar-refractivity contribution in [3.63, 3.8) is 0 Å². The summed E-state index contributed by atoms with van der Waals surface area (Å²) >= 11 is 0. The number of amides is 2. The number of nitrogens with two attached hydrogens (primary N) is 1. The minimum absolute atomic E-state index is 0.0815. The Balaban J connectivity index is 2.05. The van der Waals surface area contributed by atoms with Gasteiger partial charge in [-0.1, -0.05) is 18.2 Å². The van der Waals surface area contributed by atoms with E-state index < -0.39 is 11.8 Å². The largest absolute Gasteiger partial charge is 0.369 e. The molecule has 19 heavy (non-hydrogen) atoms. The first-order valence-electron chi connectivity index (χ1n) is 6.10. The van der Waals surface area contributed by atoms with Crippen molar-refractivity contribution < 1.29 is 9.59 Å². The Hall–Kier alpha value is -2.43. The summed E-state index contributed by atoms with van der Waals surface area (Å²) in [7, 11) is 0. The molecule has 2 heterocycles. The van der Waals surface area contributed by atoms with Crippen molar-refractivity contribution in [3.8, 4) is 0 Å². The Labute approximate surface area is 110 Å². The monoisotopic (exact) mass is 255 g/mol. The Bertz CT molecular complexity index is 663. The van der Waals surface area contributed by atoms with Crippen LogP contribution in [0.1, 0.15) is 6.42 Å². The molecule has 3 rings (SSSR count). The number of fused-ring (bicyclic) bond motifs is 1. The molecule has 1 aliphatic rings. The number of carbonyl (C=O) groups excluding carboxylic acids is 2. The minimum Gasteiger partial charge on any atom is -0.369 e. The normalized spacial score (nSPS) is 19.1. The van der Waals surface area contributed by atoms with E-state index in [-0.39, 0.29) is 12.3 Å². The van der Waals surface area contributed by atoms with Gasteiger partial charge >= 0.3 is 0 Å². The van der Waals surface area contributed by atoms with E-state index in [9.17, 15) is 9.59 Å². The second kappa shape index (κ2) is 4.35. The van der Waals surface area contributed by atoms with Crippen molar-refractivity contribution in [2.24, 2.45) is 11.7 Å². The Morgan fingerprint density at radius 1 is 1.32 bits per heavy atom. The summed E-state index contributed by atoms with van der Waals surface area (Å²) in [5, 5.41) is 0.968. The van der Waals surface area contributed by atoms with Crippen LogP contribution >= 0.6 is 0 Å². The molecule has 0 aliphatic carbocycles. The van der Waals surface area contributed by atoms with E-state index in [0.29, 0.717) is 6.54 Å². The van der Waals surface area contributed by atoms with Crippen LogP contribution < -0.4 is 10.6 Å². The lowest BCUT2D eigenvalue weighted by Gasteiger charge is -2.17. The lowest BCUT2D eigenvalue weighted by atomic mass is 10.1. The topological polar surface area (TPSA) is 76.3 Å². The van der Waals surface area contributed by atoms with Gasteiger partial charge in [-0.3, -0.25) is 14.6 Å². The zero-order valence-electron chi connectivity index (χ0n) is 10.2. The molecule has 2 N–H and O–H groups in total. The second-order valence-corrected chi connectivity index (χ2v) is 4.66. The van der Waals surface area contributed by atoms with Crippen molar-refractivity contribution >= 4 is 28.4 Å². The maximum atomic E-state index is 12.0. The molecule has 0 bridgehead atoms. The molecular weight excluding hydrogens is 242 g/mol. The zero-order valence-corrected chi connectivity index (χ0v) is 10.2. The molecular formula is C14H13N3O2.